The zero-order valence-electron chi connectivity index (χ0n) is 17.2. The van der Waals surface area contributed by atoms with Crippen LogP contribution in [0.15, 0.2) is 60.7 Å². The van der Waals surface area contributed by atoms with Crippen molar-refractivity contribution in [3.63, 3.8) is 0 Å². The molecule has 1 aliphatic carbocycles. The molecule has 0 fully saturated rings. The van der Waals surface area contributed by atoms with Crippen molar-refractivity contribution < 1.29 is 19.7 Å². The van der Waals surface area contributed by atoms with Gasteiger partial charge in [0.2, 0.25) is 0 Å². The fraction of sp³-hybridized carbons (Fsp3) is 0.250. The van der Waals surface area contributed by atoms with E-state index in [1.54, 1.807) is 19.1 Å². The fourth-order valence-corrected chi connectivity index (χ4v) is 3.96. The highest BCUT2D eigenvalue weighted by molar-refractivity contribution is 5.79. The molecule has 1 amide bonds. The van der Waals surface area contributed by atoms with Crippen molar-refractivity contribution in [2.45, 2.75) is 25.0 Å². The highest BCUT2D eigenvalue weighted by Crippen LogP contribution is 2.44. The van der Waals surface area contributed by atoms with E-state index in [2.05, 4.69) is 22.4 Å². The van der Waals surface area contributed by atoms with E-state index in [1.165, 1.54) is 0 Å². The summed E-state index contributed by atoms with van der Waals surface area (Å²) in [5, 5.41) is 23.1. The van der Waals surface area contributed by atoms with E-state index < -0.39 is 18.3 Å². The van der Waals surface area contributed by atoms with Crippen molar-refractivity contribution in [2.75, 3.05) is 18.9 Å². The monoisotopic (exact) mass is 419 g/mol. The number of aromatic nitrogens is 1. The number of hydrogen-bond acceptors (Lipinski definition) is 6. The molecule has 5 N–H and O–H groups in total. The molecule has 2 unspecified atom stereocenters. The number of pyridine rings is 1. The number of nitrogen functional groups attached to an aromatic ring is 1. The predicted molar refractivity (Wildman–Crippen MR) is 117 cm³/mol. The van der Waals surface area contributed by atoms with Crippen LogP contribution in [0, 0.1) is 6.92 Å². The topological polar surface area (TPSA) is 118 Å². The molecule has 7 nitrogen and oxygen atoms in total. The molecule has 0 saturated heterocycles. The first-order valence-corrected chi connectivity index (χ1v) is 10.1. The number of carbonyl (C=O) groups is 1. The Morgan fingerprint density at radius 3 is 2.32 bits per heavy atom. The molecule has 1 aromatic heterocycles. The van der Waals surface area contributed by atoms with E-state index in [-0.39, 0.29) is 30.5 Å². The second kappa shape index (κ2) is 8.75. The molecule has 7 heteroatoms. The Hall–Kier alpha value is -3.42. The molecule has 2 aromatic carbocycles. The summed E-state index contributed by atoms with van der Waals surface area (Å²) in [5.74, 6) is -0.0510. The van der Waals surface area contributed by atoms with Gasteiger partial charge in [-0.05, 0) is 41.3 Å². The summed E-state index contributed by atoms with van der Waals surface area (Å²) in [6.45, 7) is 1.73. The van der Waals surface area contributed by atoms with Crippen molar-refractivity contribution in [1.82, 2.24) is 10.3 Å². The number of nitrogens with two attached hydrogens (primary N) is 1. The van der Waals surface area contributed by atoms with E-state index in [0.29, 0.717) is 5.69 Å². The summed E-state index contributed by atoms with van der Waals surface area (Å²) in [7, 11) is 0. The maximum atomic E-state index is 12.2. The van der Waals surface area contributed by atoms with Crippen LogP contribution in [0.25, 0.3) is 11.1 Å². The zero-order chi connectivity index (χ0) is 22.0. The van der Waals surface area contributed by atoms with Gasteiger partial charge >= 0.3 is 6.09 Å². The van der Waals surface area contributed by atoms with Gasteiger partial charge in [-0.1, -0.05) is 48.5 Å². The Labute approximate surface area is 180 Å². The zero-order valence-corrected chi connectivity index (χ0v) is 17.2. The number of anilines is 1. The normalized spacial score (nSPS) is 14.4. The van der Waals surface area contributed by atoms with E-state index >= 15 is 0 Å². The summed E-state index contributed by atoms with van der Waals surface area (Å²) in [6.07, 6.45) is -3.27. The lowest BCUT2D eigenvalue weighted by Crippen LogP contribution is -2.36. The number of nitrogens with zero attached hydrogens (tertiary/aromatic N) is 1. The largest absolute Gasteiger partial charge is 0.449 e. The average Bonchev–Trinajstić information content (AvgIpc) is 3.11. The average molecular weight is 419 g/mol. The van der Waals surface area contributed by atoms with Crippen LogP contribution in [0.5, 0.6) is 0 Å². The van der Waals surface area contributed by atoms with Gasteiger partial charge in [-0.2, -0.15) is 0 Å². The van der Waals surface area contributed by atoms with Crippen LogP contribution in [0.1, 0.15) is 34.5 Å². The lowest BCUT2D eigenvalue weighted by Gasteiger charge is -2.20. The van der Waals surface area contributed by atoms with Crippen molar-refractivity contribution in [3.05, 3.63) is 83.2 Å². The third-order valence-electron chi connectivity index (χ3n) is 5.54. The smallest absolute Gasteiger partial charge is 0.407 e. The third-order valence-corrected chi connectivity index (χ3v) is 5.54. The maximum Gasteiger partial charge on any atom is 0.407 e. The second-order valence-electron chi connectivity index (χ2n) is 7.65. The Kier molecular flexibility index (Phi) is 5.88. The van der Waals surface area contributed by atoms with E-state index in [0.717, 1.165) is 22.3 Å². The number of aliphatic hydroxyl groups is 2. The minimum Gasteiger partial charge on any atom is -0.449 e. The molecule has 160 valence electrons. The summed E-state index contributed by atoms with van der Waals surface area (Å²) in [4.78, 5) is 16.4. The molecule has 0 spiro atoms. The van der Waals surface area contributed by atoms with E-state index in [1.807, 2.05) is 36.4 Å². The van der Waals surface area contributed by atoms with Crippen LogP contribution < -0.4 is 11.1 Å². The van der Waals surface area contributed by atoms with E-state index in [4.69, 9.17) is 10.5 Å². The van der Waals surface area contributed by atoms with Gasteiger partial charge in [0, 0.05) is 18.2 Å². The van der Waals surface area contributed by atoms with Gasteiger partial charge in [0.05, 0.1) is 11.4 Å². The molecular formula is C24H25N3O4. The Bertz CT molecular complexity index is 1060. The highest BCUT2D eigenvalue weighted by atomic mass is 16.5. The van der Waals surface area contributed by atoms with Gasteiger partial charge in [-0.3, -0.25) is 4.98 Å². The molecule has 4 rings (SSSR count). The van der Waals surface area contributed by atoms with E-state index in [9.17, 15) is 15.0 Å². The number of rotatable bonds is 6. The third kappa shape index (κ3) is 4.23. The van der Waals surface area contributed by atoms with Gasteiger partial charge < -0.3 is 26.0 Å². The van der Waals surface area contributed by atoms with Crippen molar-refractivity contribution in [2.24, 2.45) is 0 Å². The number of fused-ring (bicyclic) bond motifs is 3. The molecule has 0 bridgehead atoms. The number of ether oxygens (including phenoxy) is 1. The Balaban J connectivity index is 1.35. The van der Waals surface area contributed by atoms with Gasteiger partial charge in [-0.25, -0.2) is 4.79 Å². The molecule has 3 aromatic rings. The molecule has 1 aliphatic rings. The number of aliphatic hydroxyl groups excluding tert-OH is 2. The van der Waals surface area contributed by atoms with Crippen molar-refractivity contribution >= 4 is 11.8 Å². The first kappa shape index (κ1) is 20.8. The molecule has 0 saturated carbocycles. The molecule has 0 aliphatic heterocycles. The van der Waals surface area contributed by atoms with Crippen LogP contribution in [-0.2, 0) is 4.74 Å². The molecule has 2 atom stereocenters. The van der Waals surface area contributed by atoms with Gasteiger partial charge in [0.15, 0.2) is 0 Å². The first-order valence-electron chi connectivity index (χ1n) is 10.1. The number of amides is 1. The predicted octanol–water partition coefficient (Wildman–Crippen LogP) is 2.91. The van der Waals surface area contributed by atoms with Crippen LogP contribution in [0.4, 0.5) is 10.5 Å². The van der Waals surface area contributed by atoms with Gasteiger partial charge in [0.1, 0.15) is 18.8 Å². The number of carbonyl (C=O) groups excluding carboxylic acids is 1. The number of hydrogen-bond donors (Lipinski definition) is 4. The molecule has 31 heavy (non-hydrogen) atoms. The van der Waals surface area contributed by atoms with Crippen molar-refractivity contribution in [1.29, 1.82) is 0 Å². The minimum absolute atomic E-state index is 0.0510. The number of benzene rings is 2. The fourth-order valence-electron chi connectivity index (χ4n) is 3.96. The van der Waals surface area contributed by atoms with Crippen LogP contribution >= 0.6 is 0 Å². The molecular weight excluding hydrogens is 394 g/mol. The maximum absolute atomic E-state index is 12.2. The highest BCUT2D eigenvalue weighted by Gasteiger charge is 2.29. The lowest BCUT2D eigenvalue weighted by atomic mass is 9.98. The van der Waals surface area contributed by atoms with Gasteiger partial charge in [0.25, 0.3) is 0 Å². The van der Waals surface area contributed by atoms with Gasteiger partial charge in [-0.15, -0.1) is 0 Å². The summed E-state index contributed by atoms with van der Waals surface area (Å²) in [6, 6.07) is 19.5. The standard InChI is InChI=1S/C24H25N3O4/c1-14-10-11-20(25)22(27-14)23(29)21(28)12-26-24(30)31-13-19-17-8-4-2-6-15(17)16-7-3-5-9-18(16)19/h2-11,19,21,23,28-29H,12-13,25H2,1H3,(H,26,30). The molecule has 1 heterocycles. The SMILES string of the molecule is Cc1ccc(N)c(C(O)C(O)CNC(=O)OCC2c3ccccc3-c3ccccc32)n1. The quantitative estimate of drug-likeness (QED) is 0.488. The van der Waals surface area contributed by atoms with Crippen LogP contribution in [0.3, 0.4) is 0 Å². The molecule has 0 radical (unpaired) electrons. The Morgan fingerprint density at radius 2 is 1.68 bits per heavy atom. The number of nitrogens with one attached hydrogen (secondary N) is 1. The Morgan fingerprint density at radius 1 is 1.06 bits per heavy atom. The summed E-state index contributed by atoms with van der Waals surface area (Å²) >= 11 is 0. The second-order valence-corrected chi connectivity index (χ2v) is 7.65. The number of alkyl carbamates (subject to hydrolysis) is 1. The van der Waals surface area contributed by atoms with Crippen LogP contribution in [0.2, 0.25) is 0 Å². The first-order chi connectivity index (χ1) is 15.0. The minimum atomic E-state index is -1.33. The summed E-state index contributed by atoms with van der Waals surface area (Å²) in [5.41, 5.74) is 11.5. The number of aryl methyl sites for hydroxylation is 1. The lowest BCUT2D eigenvalue weighted by molar-refractivity contribution is 0.0164. The van der Waals surface area contributed by atoms with Crippen molar-refractivity contribution in [3.8, 4) is 11.1 Å². The van der Waals surface area contributed by atoms with Crippen LogP contribution in [-0.4, -0.2) is 40.5 Å². The summed E-state index contributed by atoms with van der Waals surface area (Å²) < 4.78 is 5.44.